The number of primary sulfonamides is 1. The van der Waals surface area contributed by atoms with Crippen molar-refractivity contribution in [1.29, 1.82) is 0 Å². The number of carbonyl (C=O) groups is 1. The average Bonchev–Trinajstić information content (AvgIpc) is 3.43. The van der Waals surface area contributed by atoms with Crippen LogP contribution in [0, 0.1) is 17.8 Å². The number of benzene rings is 1. The Bertz CT molecular complexity index is 1160. The molecule has 0 aromatic heterocycles. The van der Waals surface area contributed by atoms with Gasteiger partial charge in [0.15, 0.2) is 6.17 Å². The molecule has 0 radical (unpaired) electrons. The first-order valence-corrected chi connectivity index (χ1v) is 11.4. The largest absolute Gasteiger partial charge is 0.369 e. The van der Waals surface area contributed by atoms with Gasteiger partial charge in [0.2, 0.25) is 21.9 Å². The number of nitrogens with one attached hydrogen (secondary N) is 3. The summed E-state index contributed by atoms with van der Waals surface area (Å²) in [5.41, 5.74) is 6.16. The molecule has 4 aliphatic rings. The summed E-state index contributed by atoms with van der Waals surface area (Å²) in [7, 11) is -3.83. The van der Waals surface area contributed by atoms with Crippen LogP contribution in [-0.2, 0) is 14.8 Å². The first kappa shape index (κ1) is 19.7. The number of hydrogen-bond donors (Lipinski definition) is 5. The summed E-state index contributed by atoms with van der Waals surface area (Å²) in [5, 5.41) is 14.6. The molecule has 0 saturated heterocycles. The van der Waals surface area contributed by atoms with Crippen LogP contribution >= 0.6 is 0 Å². The molecule has 1 fully saturated rings. The van der Waals surface area contributed by atoms with Gasteiger partial charge in [-0.25, -0.2) is 23.5 Å². The van der Waals surface area contributed by atoms with E-state index in [1.807, 2.05) is 0 Å². The molecule has 1 aromatic rings. The Morgan fingerprint density at radius 2 is 2.06 bits per heavy atom. The highest BCUT2D eigenvalue weighted by atomic mass is 32.2. The highest BCUT2D eigenvalue weighted by molar-refractivity contribution is 7.89. The minimum absolute atomic E-state index is 0.0145. The highest BCUT2D eigenvalue weighted by Crippen LogP contribution is 2.45. The molecule has 7 N–H and O–H groups in total. The first-order valence-electron chi connectivity index (χ1n) is 9.87. The van der Waals surface area contributed by atoms with Gasteiger partial charge in [0, 0.05) is 11.6 Å². The van der Waals surface area contributed by atoms with Gasteiger partial charge in [0.1, 0.15) is 11.9 Å². The predicted molar refractivity (Wildman–Crippen MR) is 116 cm³/mol. The Morgan fingerprint density at radius 3 is 2.84 bits per heavy atom. The molecule has 6 unspecified atom stereocenters. The minimum Gasteiger partial charge on any atom is -0.369 e. The molecule has 1 saturated carbocycles. The maximum Gasteiger partial charge on any atom is 0.238 e. The third-order valence-electron chi connectivity index (χ3n) is 6.04. The van der Waals surface area contributed by atoms with Gasteiger partial charge < -0.3 is 21.7 Å². The Morgan fingerprint density at radius 1 is 1.26 bits per heavy atom. The molecular weight excluding hydrogens is 420 g/mol. The summed E-state index contributed by atoms with van der Waals surface area (Å²) in [6, 6.07) is 5.58. The van der Waals surface area contributed by atoms with E-state index in [9.17, 15) is 13.2 Å². The summed E-state index contributed by atoms with van der Waals surface area (Å²) in [4.78, 5) is 25.8. The molecule has 0 spiro atoms. The van der Waals surface area contributed by atoms with Crippen molar-refractivity contribution in [2.75, 3.05) is 5.32 Å². The van der Waals surface area contributed by atoms with Gasteiger partial charge in [-0.05, 0) is 30.5 Å². The van der Waals surface area contributed by atoms with Gasteiger partial charge in [-0.3, -0.25) is 9.79 Å². The van der Waals surface area contributed by atoms with Gasteiger partial charge in [0.25, 0.3) is 0 Å². The van der Waals surface area contributed by atoms with Crippen LogP contribution in [0.25, 0.3) is 0 Å². The van der Waals surface area contributed by atoms with Crippen molar-refractivity contribution in [3.05, 3.63) is 36.4 Å². The molecule has 2 aliphatic carbocycles. The van der Waals surface area contributed by atoms with Crippen LogP contribution in [0.4, 0.5) is 5.69 Å². The number of carbonyl (C=O) groups excluding carboxylic acids is 1. The number of guanidine groups is 1. The summed E-state index contributed by atoms with van der Waals surface area (Å²) in [5.74, 6) is 0.560. The fourth-order valence-corrected chi connectivity index (χ4v) is 5.20. The van der Waals surface area contributed by atoms with Crippen molar-refractivity contribution in [1.82, 2.24) is 10.6 Å². The number of amidine groups is 1. The van der Waals surface area contributed by atoms with Crippen LogP contribution in [-0.4, -0.2) is 50.7 Å². The van der Waals surface area contributed by atoms with Crippen molar-refractivity contribution in [2.45, 2.75) is 29.6 Å². The third kappa shape index (κ3) is 3.57. The number of amides is 1. The summed E-state index contributed by atoms with van der Waals surface area (Å²) >= 11 is 0. The molecule has 31 heavy (non-hydrogen) atoms. The zero-order valence-electron chi connectivity index (χ0n) is 16.3. The van der Waals surface area contributed by atoms with E-state index in [-0.39, 0.29) is 40.6 Å². The normalized spacial score (nSPS) is 34.2. The molecule has 2 heterocycles. The molecule has 2 bridgehead atoms. The number of primary amides is 1. The van der Waals surface area contributed by atoms with Crippen molar-refractivity contribution in [2.24, 2.45) is 43.6 Å². The van der Waals surface area contributed by atoms with Gasteiger partial charge in [-0.1, -0.05) is 18.2 Å². The number of nitrogens with zero attached hydrogens (tertiary/aromatic N) is 3. The number of hydrogen-bond acceptors (Lipinski definition) is 8. The second-order valence-corrected chi connectivity index (χ2v) is 9.58. The number of allylic oxidation sites excluding steroid dienone is 1. The molecule has 11 nitrogen and oxygen atoms in total. The van der Waals surface area contributed by atoms with E-state index in [0.717, 1.165) is 6.42 Å². The highest BCUT2D eigenvalue weighted by Gasteiger charge is 2.48. The quantitative estimate of drug-likeness (QED) is 0.378. The van der Waals surface area contributed by atoms with Crippen molar-refractivity contribution >= 4 is 39.8 Å². The summed E-state index contributed by atoms with van der Waals surface area (Å²) < 4.78 is 23.3. The first-order chi connectivity index (χ1) is 14.8. The monoisotopic (exact) mass is 442 g/mol. The third-order valence-corrected chi connectivity index (χ3v) is 6.95. The molecule has 162 valence electrons. The second kappa shape index (κ2) is 7.17. The number of nitrogens with two attached hydrogens (primary N) is 2. The number of rotatable bonds is 4. The van der Waals surface area contributed by atoms with Gasteiger partial charge in [-0.2, -0.15) is 0 Å². The van der Waals surface area contributed by atoms with Crippen molar-refractivity contribution < 1.29 is 13.2 Å². The van der Waals surface area contributed by atoms with Crippen LogP contribution < -0.4 is 26.8 Å². The molecule has 5 rings (SSSR count). The standard InChI is InChI=1S/C19H22N8O3S/c20-16(28)13-9-4-5-10(6-9)14(13)25-18-15-17(23-8-22-15)26-19(27-18)24-11-2-1-3-12(7-11)31(21,29)30/h1-5,7-10,13-15,17H,6H2,(H2,20,28)(H,22,23)(H2,21,29,30)(H2,24,25,26,27). The molecular formula is C19H22N8O3S. The number of aliphatic imine (C=N–C) groups is 3. The average molecular weight is 443 g/mol. The van der Waals surface area contributed by atoms with E-state index in [1.54, 1.807) is 18.5 Å². The van der Waals surface area contributed by atoms with E-state index in [2.05, 4.69) is 38.1 Å². The van der Waals surface area contributed by atoms with Crippen molar-refractivity contribution in [3.63, 3.8) is 0 Å². The lowest BCUT2D eigenvalue weighted by Gasteiger charge is -2.29. The number of sulfonamides is 1. The molecule has 6 atom stereocenters. The Hall–Kier alpha value is -3.25. The molecule has 1 amide bonds. The SMILES string of the molecule is NC(=O)C1C2C=CC(C2)C1N=C1NC(Nc2cccc(S(N)(=O)=O)c2)=NC2N=CNC12. The molecule has 2 aliphatic heterocycles. The fraction of sp³-hybridized carbons (Fsp3) is 0.368. The smallest absolute Gasteiger partial charge is 0.238 e. The lowest BCUT2D eigenvalue weighted by molar-refractivity contribution is -0.122. The number of fused-ring (bicyclic) bond motifs is 3. The van der Waals surface area contributed by atoms with E-state index < -0.39 is 16.2 Å². The summed E-state index contributed by atoms with van der Waals surface area (Å²) in [6.07, 6.45) is 6.16. The van der Waals surface area contributed by atoms with E-state index in [0.29, 0.717) is 17.5 Å². The van der Waals surface area contributed by atoms with Crippen LogP contribution in [0.2, 0.25) is 0 Å². The molecule has 1 aromatic carbocycles. The van der Waals surface area contributed by atoms with Gasteiger partial charge in [0.05, 0.1) is 23.2 Å². The van der Waals surface area contributed by atoms with Gasteiger partial charge in [-0.15, -0.1) is 0 Å². The molecule has 12 heteroatoms. The zero-order chi connectivity index (χ0) is 21.8. The minimum atomic E-state index is -3.83. The van der Waals surface area contributed by atoms with Crippen LogP contribution in [0.1, 0.15) is 6.42 Å². The summed E-state index contributed by atoms with van der Waals surface area (Å²) in [6.45, 7) is 0. The van der Waals surface area contributed by atoms with Crippen LogP contribution in [0.5, 0.6) is 0 Å². The van der Waals surface area contributed by atoms with Crippen LogP contribution in [0.3, 0.4) is 0 Å². The predicted octanol–water partition coefficient (Wildman–Crippen LogP) is -0.894. The van der Waals surface area contributed by atoms with Crippen LogP contribution in [0.15, 0.2) is 56.3 Å². The Balaban J connectivity index is 1.43. The fourth-order valence-electron chi connectivity index (χ4n) is 4.64. The number of anilines is 1. The van der Waals surface area contributed by atoms with Gasteiger partial charge >= 0.3 is 0 Å². The zero-order valence-corrected chi connectivity index (χ0v) is 17.2. The Labute approximate surface area is 178 Å². The van der Waals surface area contributed by atoms with E-state index in [1.165, 1.54) is 12.1 Å². The maximum atomic E-state index is 12.1. The lowest BCUT2D eigenvalue weighted by atomic mass is 9.88. The van der Waals surface area contributed by atoms with E-state index >= 15 is 0 Å². The topological polar surface area (TPSA) is 176 Å². The van der Waals surface area contributed by atoms with Crippen molar-refractivity contribution in [3.8, 4) is 0 Å². The second-order valence-electron chi connectivity index (χ2n) is 8.02. The van der Waals surface area contributed by atoms with E-state index in [4.69, 9.17) is 15.9 Å². The maximum absolute atomic E-state index is 12.1. The Kier molecular flexibility index (Phi) is 4.55. The lowest BCUT2D eigenvalue weighted by Crippen LogP contribution is -2.55.